The summed E-state index contributed by atoms with van der Waals surface area (Å²) in [6.45, 7) is 1.87. The van der Waals surface area contributed by atoms with Gasteiger partial charge in [0.2, 0.25) is 17.7 Å². The van der Waals surface area contributed by atoms with Gasteiger partial charge in [-0.2, -0.15) is 0 Å². The number of benzene rings is 2. The Bertz CT molecular complexity index is 857. The molecule has 1 atom stereocenters. The largest absolute Gasteiger partial charge is 0.421 e. The summed E-state index contributed by atoms with van der Waals surface area (Å²) in [5, 5.41) is 10.7. The number of aryl methyl sites for hydroxylation is 1. The van der Waals surface area contributed by atoms with E-state index >= 15 is 0 Å². The molecule has 2 aromatic carbocycles. The standard InChI is InChI=1S/C20H23N3O2/c1-14(19(21)24)7-3-2-4-10-18-22-23-20(25-18)17-12-11-15-8-5-6-9-16(15)13-17/h5-6,8-9,11-14H,2-4,7,10H2,1H3,(H2,21,24). The van der Waals surface area contributed by atoms with Gasteiger partial charge in [0.25, 0.3) is 0 Å². The van der Waals surface area contributed by atoms with Crippen molar-refractivity contribution < 1.29 is 9.21 Å². The maximum atomic E-state index is 11.0. The number of hydrogen-bond donors (Lipinski definition) is 1. The van der Waals surface area contributed by atoms with E-state index in [0.29, 0.717) is 11.8 Å². The van der Waals surface area contributed by atoms with Crippen LogP contribution >= 0.6 is 0 Å². The van der Waals surface area contributed by atoms with E-state index in [1.54, 1.807) is 0 Å². The summed E-state index contributed by atoms with van der Waals surface area (Å²) < 4.78 is 5.79. The van der Waals surface area contributed by atoms with Crippen LogP contribution in [-0.2, 0) is 11.2 Å². The minimum absolute atomic E-state index is 0.0529. The molecule has 0 fully saturated rings. The maximum absolute atomic E-state index is 11.0. The Kier molecular flexibility index (Phi) is 5.43. The van der Waals surface area contributed by atoms with Gasteiger partial charge < -0.3 is 10.2 Å². The lowest BCUT2D eigenvalue weighted by Gasteiger charge is -2.05. The molecule has 5 heteroatoms. The summed E-state index contributed by atoms with van der Waals surface area (Å²) in [6, 6.07) is 14.3. The molecule has 130 valence electrons. The molecule has 0 radical (unpaired) electrons. The van der Waals surface area contributed by atoms with Crippen molar-refractivity contribution in [1.82, 2.24) is 10.2 Å². The van der Waals surface area contributed by atoms with Crippen LogP contribution in [0.2, 0.25) is 0 Å². The van der Waals surface area contributed by atoms with Crippen molar-refractivity contribution >= 4 is 16.7 Å². The second-order valence-corrected chi connectivity index (χ2v) is 6.47. The number of carbonyl (C=O) groups is 1. The van der Waals surface area contributed by atoms with Gasteiger partial charge in [0.1, 0.15) is 0 Å². The first kappa shape index (κ1) is 17.1. The highest BCUT2D eigenvalue weighted by molar-refractivity contribution is 5.86. The van der Waals surface area contributed by atoms with Gasteiger partial charge in [-0.1, -0.05) is 50.1 Å². The van der Waals surface area contributed by atoms with Gasteiger partial charge in [-0.25, -0.2) is 0 Å². The van der Waals surface area contributed by atoms with Gasteiger partial charge in [0.05, 0.1) is 0 Å². The number of primary amides is 1. The normalized spacial score (nSPS) is 12.4. The highest BCUT2D eigenvalue weighted by Crippen LogP contribution is 2.24. The molecule has 2 N–H and O–H groups in total. The molecule has 0 aliphatic carbocycles. The predicted molar refractivity (Wildman–Crippen MR) is 97.8 cm³/mol. The second-order valence-electron chi connectivity index (χ2n) is 6.47. The molecule has 3 aromatic rings. The zero-order valence-electron chi connectivity index (χ0n) is 14.4. The number of hydrogen-bond acceptors (Lipinski definition) is 4. The van der Waals surface area contributed by atoms with Crippen LogP contribution in [0.1, 0.15) is 38.5 Å². The molecule has 25 heavy (non-hydrogen) atoms. The first-order valence-electron chi connectivity index (χ1n) is 8.74. The summed E-state index contributed by atoms with van der Waals surface area (Å²) in [4.78, 5) is 11.0. The Labute approximate surface area is 147 Å². The highest BCUT2D eigenvalue weighted by atomic mass is 16.4. The lowest BCUT2D eigenvalue weighted by Crippen LogP contribution is -2.20. The first-order chi connectivity index (χ1) is 12.1. The van der Waals surface area contributed by atoms with Gasteiger partial charge in [0.15, 0.2) is 0 Å². The average molecular weight is 337 g/mol. The van der Waals surface area contributed by atoms with Gasteiger partial charge in [-0.15, -0.1) is 10.2 Å². The van der Waals surface area contributed by atoms with Crippen molar-refractivity contribution in [2.45, 2.75) is 39.0 Å². The molecule has 5 nitrogen and oxygen atoms in total. The van der Waals surface area contributed by atoms with Crippen LogP contribution in [0.3, 0.4) is 0 Å². The van der Waals surface area contributed by atoms with Crippen molar-refractivity contribution in [2.75, 3.05) is 0 Å². The molecule has 1 amide bonds. The fourth-order valence-electron chi connectivity index (χ4n) is 2.84. The molecule has 1 aromatic heterocycles. The number of aromatic nitrogens is 2. The molecule has 0 bridgehead atoms. The molecule has 0 spiro atoms. The number of nitrogens with two attached hydrogens (primary N) is 1. The van der Waals surface area contributed by atoms with Gasteiger partial charge in [-0.05, 0) is 35.7 Å². The predicted octanol–water partition coefficient (Wildman–Crippen LogP) is 4.11. The van der Waals surface area contributed by atoms with Crippen LogP contribution in [-0.4, -0.2) is 16.1 Å². The second kappa shape index (κ2) is 7.92. The molecule has 0 saturated heterocycles. The summed E-state index contributed by atoms with van der Waals surface area (Å²) in [7, 11) is 0. The number of nitrogens with zero attached hydrogens (tertiary/aromatic N) is 2. The quantitative estimate of drug-likeness (QED) is 0.627. The number of amides is 1. The third-order valence-corrected chi connectivity index (χ3v) is 4.48. The van der Waals surface area contributed by atoms with Crippen LogP contribution in [0.25, 0.3) is 22.2 Å². The Morgan fingerprint density at radius 2 is 1.88 bits per heavy atom. The molecular formula is C20H23N3O2. The highest BCUT2D eigenvalue weighted by Gasteiger charge is 2.10. The van der Waals surface area contributed by atoms with Crippen molar-refractivity contribution in [3.8, 4) is 11.5 Å². The monoisotopic (exact) mass is 337 g/mol. The minimum atomic E-state index is -0.225. The molecule has 1 unspecified atom stereocenters. The molecule has 3 rings (SSSR count). The lowest BCUT2D eigenvalue weighted by molar-refractivity contribution is -0.121. The molecule has 0 aliphatic rings. The molecule has 0 saturated carbocycles. The van der Waals surface area contributed by atoms with E-state index in [9.17, 15) is 4.79 Å². The van der Waals surface area contributed by atoms with E-state index in [4.69, 9.17) is 10.2 Å². The zero-order valence-corrected chi connectivity index (χ0v) is 14.4. The number of fused-ring (bicyclic) bond motifs is 1. The summed E-state index contributed by atoms with van der Waals surface area (Å²) in [6.07, 6.45) is 4.55. The number of unbranched alkanes of at least 4 members (excludes halogenated alkanes) is 2. The van der Waals surface area contributed by atoms with Crippen LogP contribution in [0.4, 0.5) is 0 Å². The summed E-state index contributed by atoms with van der Waals surface area (Å²) in [5.41, 5.74) is 6.20. The Hall–Kier alpha value is -2.69. The topological polar surface area (TPSA) is 82.0 Å². The Morgan fingerprint density at radius 3 is 2.68 bits per heavy atom. The zero-order chi connectivity index (χ0) is 17.6. The smallest absolute Gasteiger partial charge is 0.247 e. The van der Waals surface area contributed by atoms with Crippen molar-refractivity contribution in [3.05, 3.63) is 48.4 Å². The van der Waals surface area contributed by atoms with Crippen LogP contribution < -0.4 is 5.73 Å². The van der Waals surface area contributed by atoms with E-state index in [1.807, 2.05) is 25.1 Å². The SMILES string of the molecule is CC(CCCCCc1nnc(-c2ccc3ccccc3c2)o1)C(N)=O. The number of carbonyl (C=O) groups excluding carboxylic acids is 1. The van der Waals surface area contributed by atoms with Gasteiger partial charge in [0, 0.05) is 17.9 Å². The van der Waals surface area contributed by atoms with Crippen LogP contribution in [0, 0.1) is 5.92 Å². The van der Waals surface area contributed by atoms with Crippen molar-refractivity contribution in [3.63, 3.8) is 0 Å². The Balaban J connectivity index is 1.54. The summed E-state index contributed by atoms with van der Waals surface area (Å²) in [5.74, 6) is 0.939. The van der Waals surface area contributed by atoms with Crippen LogP contribution in [0.15, 0.2) is 46.9 Å². The molecular weight excluding hydrogens is 314 g/mol. The van der Waals surface area contributed by atoms with Crippen LogP contribution in [0.5, 0.6) is 0 Å². The van der Waals surface area contributed by atoms with Gasteiger partial charge >= 0.3 is 0 Å². The van der Waals surface area contributed by atoms with Crippen molar-refractivity contribution in [2.24, 2.45) is 11.7 Å². The van der Waals surface area contributed by atoms with Crippen molar-refractivity contribution in [1.29, 1.82) is 0 Å². The number of rotatable bonds is 8. The van der Waals surface area contributed by atoms with E-state index in [1.165, 1.54) is 5.39 Å². The Morgan fingerprint density at radius 1 is 1.08 bits per heavy atom. The van der Waals surface area contributed by atoms with E-state index in [-0.39, 0.29) is 11.8 Å². The first-order valence-corrected chi connectivity index (χ1v) is 8.74. The van der Waals surface area contributed by atoms with E-state index < -0.39 is 0 Å². The fraction of sp³-hybridized carbons (Fsp3) is 0.350. The third kappa shape index (κ3) is 4.44. The summed E-state index contributed by atoms with van der Waals surface area (Å²) >= 11 is 0. The third-order valence-electron chi connectivity index (χ3n) is 4.48. The fourth-order valence-corrected chi connectivity index (χ4v) is 2.84. The minimum Gasteiger partial charge on any atom is -0.421 e. The molecule has 0 aliphatic heterocycles. The van der Waals surface area contributed by atoms with E-state index in [0.717, 1.165) is 43.1 Å². The molecule has 1 heterocycles. The lowest BCUT2D eigenvalue weighted by atomic mass is 10.0. The average Bonchev–Trinajstić information content (AvgIpc) is 3.09. The van der Waals surface area contributed by atoms with Gasteiger partial charge in [-0.3, -0.25) is 4.79 Å². The maximum Gasteiger partial charge on any atom is 0.247 e. The van der Waals surface area contributed by atoms with E-state index in [2.05, 4.69) is 34.5 Å².